The fourth-order valence-electron chi connectivity index (χ4n) is 4.79. The molecular formula is C25H32N4O3. The number of benzene rings is 1. The van der Waals surface area contributed by atoms with Crippen LogP contribution in [0.1, 0.15) is 56.7 Å². The number of pyridine rings is 1. The molecule has 1 aliphatic rings. The summed E-state index contributed by atoms with van der Waals surface area (Å²) in [5.41, 5.74) is 0.549. The molecule has 1 aliphatic heterocycles. The first-order valence-electron chi connectivity index (χ1n) is 11.1. The Hall–Kier alpha value is -2.61. The third kappa shape index (κ3) is 3.85. The molecule has 2 aromatic heterocycles. The molecule has 1 fully saturated rings. The first-order valence-corrected chi connectivity index (χ1v) is 11.1. The molecule has 1 atom stereocenters. The highest BCUT2D eigenvalue weighted by Crippen LogP contribution is 2.50. The van der Waals surface area contributed by atoms with E-state index >= 15 is 0 Å². The van der Waals surface area contributed by atoms with Gasteiger partial charge in [-0.2, -0.15) is 4.98 Å². The Morgan fingerprint density at radius 3 is 2.34 bits per heavy atom. The second kappa shape index (κ2) is 8.06. The van der Waals surface area contributed by atoms with Crippen molar-refractivity contribution in [1.29, 1.82) is 0 Å². The van der Waals surface area contributed by atoms with Crippen molar-refractivity contribution in [3.8, 4) is 11.4 Å². The van der Waals surface area contributed by atoms with E-state index in [-0.39, 0.29) is 11.3 Å². The van der Waals surface area contributed by atoms with Crippen molar-refractivity contribution in [3.05, 3.63) is 65.3 Å². The Labute approximate surface area is 189 Å². The first kappa shape index (κ1) is 22.6. The van der Waals surface area contributed by atoms with Gasteiger partial charge in [0.2, 0.25) is 5.82 Å². The van der Waals surface area contributed by atoms with Crippen molar-refractivity contribution in [2.24, 2.45) is 5.41 Å². The quantitative estimate of drug-likeness (QED) is 0.585. The van der Waals surface area contributed by atoms with Crippen molar-refractivity contribution in [1.82, 2.24) is 20.0 Å². The van der Waals surface area contributed by atoms with Gasteiger partial charge >= 0.3 is 0 Å². The van der Waals surface area contributed by atoms with E-state index in [4.69, 9.17) is 4.52 Å². The van der Waals surface area contributed by atoms with Gasteiger partial charge in [0.1, 0.15) is 11.2 Å². The van der Waals surface area contributed by atoms with Crippen molar-refractivity contribution in [2.75, 3.05) is 20.1 Å². The van der Waals surface area contributed by atoms with Crippen molar-refractivity contribution in [3.63, 3.8) is 0 Å². The van der Waals surface area contributed by atoms with Gasteiger partial charge in [-0.15, -0.1) is 0 Å². The Balaban J connectivity index is 1.79. The van der Waals surface area contributed by atoms with Gasteiger partial charge in [0, 0.05) is 42.0 Å². The average Bonchev–Trinajstić information content (AvgIpc) is 3.24. The number of aliphatic hydroxyl groups is 2. The number of hydrogen-bond donors (Lipinski definition) is 2. The second-order valence-electron chi connectivity index (χ2n) is 9.83. The van der Waals surface area contributed by atoms with Crippen molar-refractivity contribution < 1.29 is 14.7 Å². The Morgan fingerprint density at radius 2 is 1.78 bits per heavy atom. The lowest BCUT2D eigenvalue weighted by Gasteiger charge is -2.55. The molecule has 7 heteroatoms. The SMILES string of the molecule is CCCc1ccc([C@](O)(c2cncc(-c3noc(C(C)(C)O)n3)c2)C2(C)CN(C)C2)cc1. The van der Waals surface area contributed by atoms with Gasteiger partial charge in [-0.25, -0.2) is 0 Å². The molecule has 3 heterocycles. The van der Waals surface area contributed by atoms with Gasteiger partial charge in [0.05, 0.1) is 0 Å². The normalized spacial score (nSPS) is 18.2. The summed E-state index contributed by atoms with van der Waals surface area (Å²) in [6.45, 7) is 8.97. The fraction of sp³-hybridized carbons (Fsp3) is 0.480. The Morgan fingerprint density at radius 1 is 1.09 bits per heavy atom. The van der Waals surface area contributed by atoms with E-state index in [0.29, 0.717) is 17.0 Å². The summed E-state index contributed by atoms with van der Waals surface area (Å²) in [6, 6.07) is 10.1. The lowest BCUT2D eigenvalue weighted by molar-refractivity contribution is -0.127. The predicted molar refractivity (Wildman–Crippen MR) is 122 cm³/mol. The maximum absolute atomic E-state index is 12.3. The van der Waals surface area contributed by atoms with E-state index in [1.54, 1.807) is 26.2 Å². The van der Waals surface area contributed by atoms with Gasteiger partial charge in [0.15, 0.2) is 0 Å². The largest absolute Gasteiger partial charge is 0.381 e. The van der Waals surface area contributed by atoms with Gasteiger partial charge in [-0.1, -0.05) is 49.7 Å². The highest BCUT2D eigenvalue weighted by molar-refractivity contribution is 5.56. The van der Waals surface area contributed by atoms with Crippen LogP contribution in [0.3, 0.4) is 0 Å². The smallest absolute Gasteiger partial charge is 0.258 e. The van der Waals surface area contributed by atoms with Crippen LogP contribution in [0.15, 0.2) is 47.2 Å². The lowest BCUT2D eigenvalue weighted by atomic mass is 9.62. The lowest BCUT2D eigenvalue weighted by Crippen LogP contribution is -2.63. The van der Waals surface area contributed by atoms with Crippen LogP contribution in [0.4, 0.5) is 0 Å². The zero-order valence-corrected chi connectivity index (χ0v) is 19.5. The van der Waals surface area contributed by atoms with E-state index in [9.17, 15) is 10.2 Å². The summed E-state index contributed by atoms with van der Waals surface area (Å²) in [5, 5.41) is 26.5. The number of likely N-dealkylation sites (tertiary alicyclic amines) is 1. The minimum absolute atomic E-state index is 0.132. The maximum Gasteiger partial charge on any atom is 0.258 e. The molecule has 1 aromatic carbocycles. The highest BCUT2D eigenvalue weighted by atomic mass is 16.5. The molecule has 0 bridgehead atoms. The Kier molecular flexibility index (Phi) is 5.69. The van der Waals surface area contributed by atoms with E-state index < -0.39 is 11.2 Å². The standard InChI is InChI=1S/C25H32N4O3/c1-6-7-17-8-10-19(11-9-17)25(31,24(4)15-29(5)16-24)20-12-18(13-26-14-20)21-27-22(32-28-21)23(2,3)30/h8-14,30-31H,6-7,15-16H2,1-5H3/t25-/m0/s1. The van der Waals surface area contributed by atoms with Gasteiger partial charge in [-0.3, -0.25) is 4.98 Å². The summed E-state index contributed by atoms with van der Waals surface area (Å²) in [5.74, 6) is 0.459. The molecule has 0 unspecified atom stereocenters. The van der Waals surface area contributed by atoms with E-state index in [0.717, 1.165) is 31.5 Å². The number of rotatable bonds is 7. The first-order chi connectivity index (χ1) is 15.1. The molecule has 4 rings (SSSR count). The number of aromatic nitrogens is 3. The molecular weight excluding hydrogens is 404 g/mol. The summed E-state index contributed by atoms with van der Waals surface area (Å²) in [6.07, 6.45) is 5.44. The number of nitrogens with zero attached hydrogens (tertiary/aromatic N) is 4. The van der Waals surface area contributed by atoms with Crippen LogP contribution in [0.25, 0.3) is 11.4 Å². The zero-order chi connectivity index (χ0) is 23.1. The molecule has 0 aliphatic carbocycles. The second-order valence-corrected chi connectivity index (χ2v) is 9.83. The minimum Gasteiger partial charge on any atom is -0.381 e. The van der Waals surface area contributed by atoms with Crippen molar-refractivity contribution in [2.45, 2.75) is 51.7 Å². The van der Waals surface area contributed by atoms with Gasteiger partial charge in [-0.05, 0) is 44.5 Å². The van der Waals surface area contributed by atoms with Crippen LogP contribution in [-0.4, -0.2) is 50.4 Å². The molecule has 0 amide bonds. The number of hydrogen-bond acceptors (Lipinski definition) is 7. The van der Waals surface area contributed by atoms with E-state index in [2.05, 4.69) is 53.1 Å². The molecule has 32 heavy (non-hydrogen) atoms. The van der Waals surface area contributed by atoms with Gasteiger partial charge in [0.25, 0.3) is 5.89 Å². The van der Waals surface area contributed by atoms with Gasteiger partial charge < -0.3 is 19.6 Å². The molecule has 1 saturated heterocycles. The predicted octanol–water partition coefficient (Wildman–Crippen LogP) is 3.50. The number of aryl methyl sites for hydroxylation is 1. The van der Waals surface area contributed by atoms with Crippen LogP contribution in [0, 0.1) is 5.41 Å². The van der Waals surface area contributed by atoms with Crippen LogP contribution in [0.2, 0.25) is 0 Å². The topological polar surface area (TPSA) is 95.5 Å². The van der Waals surface area contributed by atoms with Crippen LogP contribution in [0.5, 0.6) is 0 Å². The fourth-order valence-corrected chi connectivity index (χ4v) is 4.79. The molecule has 0 saturated carbocycles. The molecule has 2 N–H and O–H groups in total. The molecule has 0 radical (unpaired) electrons. The highest BCUT2D eigenvalue weighted by Gasteiger charge is 2.55. The molecule has 170 valence electrons. The third-order valence-electron chi connectivity index (χ3n) is 6.39. The van der Waals surface area contributed by atoms with E-state index in [1.807, 2.05) is 18.2 Å². The average molecular weight is 437 g/mol. The van der Waals surface area contributed by atoms with Crippen LogP contribution in [-0.2, 0) is 17.6 Å². The Bertz CT molecular complexity index is 1080. The minimum atomic E-state index is -1.24. The maximum atomic E-state index is 12.3. The molecule has 0 spiro atoms. The van der Waals surface area contributed by atoms with Crippen LogP contribution >= 0.6 is 0 Å². The summed E-state index contributed by atoms with van der Waals surface area (Å²) >= 11 is 0. The monoisotopic (exact) mass is 436 g/mol. The summed E-state index contributed by atoms with van der Waals surface area (Å²) in [7, 11) is 2.05. The molecule has 7 nitrogen and oxygen atoms in total. The summed E-state index contributed by atoms with van der Waals surface area (Å²) in [4.78, 5) is 10.9. The third-order valence-corrected chi connectivity index (χ3v) is 6.39. The van der Waals surface area contributed by atoms with Crippen molar-refractivity contribution >= 4 is 0 Å². The van der Waals surface area contributed by atoms with Crippen LogP contribution < -0.4 is 0 Å². The zero-order valence-electron chi connectivity index (χ0n) is 19.5. The summed E-state index contributed by atoms with van der Waals surface area (Å²) < 4.78 is 5.24. The van der Waals surface area contributed by atoms with E-state index in [1.165, 1.54) is 5.56 Å². The molecule has 3 aromatic rings.